The molecule has 1 unspecified atom stereocenters. The maximum Gasteiger partial charge on any atom is 0.244 e. The van der Waals surface area contributed by atoms with Crippen molar-refractivity contribution in [3.63, 3.8) is 0 Å². The number of likely N-dealkylation sites (N-methyl/N-ethyl adjacent to an activating group) is 1. The number of ether oxygens (including phenoxy) is 1. The Labute approximate surface area is 173 Å². The number of benzene rings is 1. The highest BCUT2D eigenvalue weighted by Gasteiger charge is 2.50. The minimum atomic E-state index is -0.576. The number of nitrogens with zero attached hydrogens (tertiary/aromatic N) is 4. The second-order valence-electron chi connectivity index (χ2n) is 9.23. The van der Waals surface area contributed by atoms with E-state index in [9.17, 15) is 4.79 Å². The summed E-state index contributed by atoms with van der Waals surface area (Å²) in [6.45, 7) is 10.9. The van der Waals surface area contributed by atoms with E-state index in [0.29, 0.717) is 6.54 Å². The monoisotopic (exact) mass is 396 g/mol. The molecule has 2 aromatic rings. The van der Waals surface area contributed by atoms with Crippen molar-refractivity contribution < 1.29 is 9.53 Å². The summed E-state index contributed by atoms with van der Waals surface area (Å²) < 4.78 is 5.23. The van der Waals surface area contributed by atoms with E-state index < -0.39 is 5.54 Å². The average molecular weight is 397 g/mol. The number of aromatic nitrogens is 2. The van der Waals surface area contributed by atoms with Crippen LogP contribution in [0, 0.1) is 0 Å². The molecule has 0 radical (unpaired) electrons. The normalized spacial score (nSPS) is 19.6. The van der Waals surface area contributed by atoms with E-state index in [1.54, 1.807) is 7.11 Å². The molecule has 0 aliphatic carbocycles. The van der Waals surface area contributed by atoms with Crippen molar-refractivity contribution in [2.24, 2.45) is 0 Å². The van der Waals surface area contributed by atoms with Gasteiger partial charge in [0.25, 0.3) is 0 Å². The fourth-order valence-corrected chi connectivity index (χ4v) is 3.66. The van der Waals surface area contributed by atoms with E-state index in [1.165, 1.54) is 5.56 Å². The van der Waals surface area contributed by atoms with Gasteiger partial charge in [0, 0.05) is 29.9 Å². The van der Waals surface area contributed by atoms with E-state index in [0.717, 1.165) is 23.6 Å². The van der Waals surface area contributed by atoms with Gasteiger partial charge in [-0.1, -0.05) is 32.9 Å². The van der Waals surface area contributed by atoms with Gasteiger partial charge in [-0.05, 0) is 45.0 Å². The molecule has 6 nitrogen and oxygen atoms in total. The third kappa shape index (κ3) is 4.13. The maximum atomic E-state index is 13.2. The lowest BCUT2D eigenvalue weighted by atomic mass is 9.95. The van der Waals surface area contributed by atoms with Gasteiger partial charge in [-0.25, -0.2) is 9.97 Å². The first-order valence-corrected chi connectivity index (χ1v) is 10.0. The maximum absolute atomic E-state index is 13.2. The fraction of sp³-hybridized carbons (Fsp3) is 0.522. The van der Waals surface area contributed by atoms with Crippen molar-refractivity contribution >= 4 is 5.91 Å². The SMILES string of the molecule is COc1ccc(CCN2C(=O)C(C)(C)N(C)C2c2cnc(C(C)(C)C)nc2)cc1. The van der Waals surface area contributed by atoms with Crippen molar-refractivity contribution in [1.82, 2.24) is 19.8 Å². The van der Waals surface area contributed by atoms with Crippen LogP contribution in [-0.4, -0.2) is 51.9 Å². The number of methoxy groups -OCH3 is 1. The van der Waals surface area contributed by atoms with Crippen LogP contribution in [0.1, 0.15) is 57.7 Å². The summed E-state index contributed by atoms with van der Waals surface area (Å²) in [5.74, 6) is 1.76. The Morgan fingerprint density at radius 2 is 1.69 bits per heavy atom. The van der Waals surface area contributed by atoms with Crippen molar-refractivity contribution in [2.75, 3.05) is 20.7 Å². The van der Waals surface area contributed by atoms with Crippen LogP contribution in [0.15, 0.2) is 36.7 Å². The number of hydrogen-bond donors (Lipinski definition) is 0. The Kier molecular flexibility index (Phi) is 5.68. The van der Waals surface area contributed by atoms with Gasteiger partial charge >= 0.3 is 0 Å². The summed E-state index contributed by atoms with van der Waals surface area (Å²) in [5.41, 5.74) is 1.43. The molecule has 1 fully saturated rings. The Morgan fingerprint density at radius 1 is 1.10 bits per heavy atom. The standard InChI is InChI=1S/C23H32N4O2/c1-22(2,3)20-24-14-17(15-25-20)19-26(6)23(4,5)21(28)27(19)13-12-16-8-10-18(29-7)11-9-16/h8-11,14-15,19H,12-13H2,1-7H3. The second kappa shape index (κ2) is 7.75. The number of hydrogen-bond acceptors (Lipinski definition) is 5. The Bertz CT molecular complexity index is 854. The Morgan fingerprint density at radius 3 is 2.21 bits per heavy atom. The van der Waals surface area contributed by atoms with Gasteiger partial charge in [0.05, 0.1) is 12.6 Å². The Hall–Kier alpha value is -2.47. The molecule has 1 aliphatic rings. The lowest BCUT2D eigenvalue weighted by Gasteiger charge is -2.30. The average Bonchev–Trinajstić information content (AvgIpc) is 2.86. The first kappa shape index (κ1) is 21.2. The summed E-state index contributed by atoms with van der Waals surface area (Å²) in [4.78, 5) is 26.4. The number of carbonyl (C=O) groups is 1. The third-order valence-electron chi connectivity index (χ3n) is 5.77. The number of rotatable bonds is 5. The predicted molar refractivity (Wildman–Crippen MR) is 114 cm³/mol. The summed E-state index contributed by atoms with van der Waals surface area (Å²) >= 11 is 0. The van der Waals surface area contributed by atoms with Crippen LogP contribution in [0.5, 0.6) is 5.75 Å². The largest absolute Gasteiger partial charge is 0.497 e. The van der Waals surface area contributed by atoms with Crippen molar-refractivity contribution in [2.45, 2.75) is 58.2 Å². The molecule has 1 aromatic carbocycles. The highest BCUT2D eigenvalue weighted by Crippen LogP contribution is 2.38. The summed E-state index contributed by atoms with van der Waals surface area (Å²) in [6.07, 6.45) is 4.33. The highest BCUT2D eigenvalue weighted by atomic mass is 16.5. The van der Waals surface area contributed by atoms with Crippen LogP contribution in [0.3, 0.4) is 0 Å². The van der Waals surface area contributed by atoms with Crippen LogP contribution < -0.4 is 4.74 Å². The summed E-state index contributed by atoms with van der Waals surface area (Å²) in [6, 6.07) is 8.00. The Balaban J connectivity index is 1.85. The highest BCUT2D eigenvalue weighted by molar-refractivity contribution is 5.88. The zero-order valence-electron chi connectivity index (χ0n) is 18.6. The van der Waals surface area contributed by atoms with E-state index in [-0.39, 0.29) is 17.5 Å². The molecule has 1 atom stereocenters. The molecule has 1 aromatic heterocycles. The van der Waals surface area contributed by atoms with Crippen molar-refractivity contribution in [3.05, 3.63) is 53.6 Å². The molecule has 3 rings (SSSR count). The third-order valence-corrected chi connectivity index (χ3v) is 5.77. The lowest BCUT2D eigenvalue weighted by Crippen LogP contribution is -2.41. The molecular formula is C23H32N4O2. The van der Waals surface area contributed by atoms with Gasteiger partial charge in [-0.3, -0.25) is 9.69 Å². The number of carbonyl (C=O) groups excluding carboxylic acids is 1. The molecule has 1 saturated heterocycles. The quantitative estimate of drug-likeness (QED) is 0.773. The first-order valence-electron chi connectivity index (χ1n) is 10.0. The topological polar surface area (TPSA) is 58.6 Å². The van der Waals surface area contributed by atoms with Gasteiger partial charge < -0.3 is 9.64 Å². The molecule has 6 heteroatoms. The fourth-order valence-electron chi connectivity index (χ4n) is 3.66. The molecule has 0 N–H and O–H groups in total. The first-order chi connectivity index (χ1) is 13.6. The summed E-state index contributed by atoms with van der Waals surface area (Å²) in [5, 5.41) is 0. The van der Waals surface area contributed by atoms with Crippen LogP contribution in [0.25, 0.3) is 0 Å². The van der Waals surface area contributed by atoms with Gasteiger partial charge in [0.15, 0.2) is 0 Å². The molecule has 0 bridgehead atoms. The zero-order chi connectivity index (χ0) is 21.4. The van der Waals surface area contributed by atoms with Crippen molar-refractivity contribution in [3.8, 4) is 5.75 Å². The van der Waals surface area contributed by atoms with Gasteiger partial charge in [0.1, 0.15) is 17.7 Å². The van der Waals surface area contributed by atoms with Crippen LogP contribution in [0.4, 0.5) is 0 Å². The smallest absolute Gasteiger partial charge is 0.244 e. The van der Waals surface area contributed by atoms with E-state index in [2.05, 4.69) is 35.6 Å². The van der Waals surface area contributed by atoms with E-state index in [4.69, 9.17) is 4.74 Å². The van der Waals surface area contributed by atoms with Crippen LogP contribution in [0.2, 0.25) is 0 Å². The molecular weight excluding hydrogens is 364 g/mol. The number of amides is 1. The molecule has 29 heavy (non-hydrogen) atoms. The predicted octanol–water partition coefficient (Wildman–Crippen LogP) is 3.58. The van der Waals surface area contributed by atoms with Crippen LogP contribution in [-0.2, 0) is 16.6 Å². The molecule has 1 aliphatic heterocycles. The minimum Gasteiger partial charge on any atom is -0.497 e. The van der Waals surface area contributed by atoms with Crippen LogP contribution >= 0.6 is 0 Å². The molecule has 156 valence electrons. The van der Waals surface area contributed by atoms with Gasteiger partial charge in [-0.15, -0.1) is 0 Å². The summed E-state index contributed by atoms with van der Waals surface area (Å²) in [7, 11) is 3.65. The molecule has 0 saturated carbocycles. The minimum absolute atomic E-state index is 0.108. The molecule has 0 spiro atoms. The lowest BCUT2D eigenvalue weighted by molar-refractivity contribution is -0.132. The van der Waals surface area contributed by atoms with Gasteiger partial charge in [-0.2, -0.15) is 0 Å². The zero-order valence-corrected chi connectivity index (χ0v) is 18.6. The second-order valence-corrected chi connectivity index (χ2v) is 9.23. The van der Waals surface area contributed by atoms with Gasteiger partial charge in [0.2, 0.25) is 5.91 Å². The van der Waals surface area contributed by atoms with E-state index >= 15 is 0 Å². The van der Waals surface area contributed by atoms with E-state index in [1.807, 2.05) is 62.5 Å². The molecule has 2 heterocycles. The van der Waals surface area contributed by atoms with Crippen molar-refractivity contribution in [1.29, 1.82) is 0 Å². The molecule has 1 amide bonds.